The molecule has 0 aromatic heterocycles. The number of aromatic hydroxyl groups is 1. The van der Waals surface area contributed by atoms with Gasteiger partial charge < -0.3 is 39.3 Å². The summed E-state index contributed by atoms with van der Waals surface area (Å²) < 4.78 is 23.6. The predicted octanol–water partition coefficient (Wildman–Crippen LogP) is 7.83. The maximum absolute atomic E-state index is 14.0. The Bertz CT molecular complexity index is 1270. The summed E-state index contributed by atoms with van der Waals surface area (Å²) in [5, 5.41) is 34.4. The maximum Gasteiger partial charge on any atom is 0.336 e. The Hall–Kier alpha value is -2.77. The fraction of sp³-hybridized carbons (Fsp3) is 0.732. The van der Waals surface area contributed by atoms with E-state index in [-0.39, 0.29) is 36.8 Å². The summed E-state index contributed by atoms with van der Waals surface area (Å²) >= 11 is 0. The summed E-state index contributed by atoms with van der Waals surface area (Å²) in [5.74, 6) is -4.99. The molecule has 1 fully saturated rings. The van der Waals surface area contributed by atoms with Crippen molar-refractivity contribution in [2.24, 2.45) is 5.92 Å². The smallest absolute Gasteiger partial charge is 0.336 e. The van der Waals surface area contributed by atoms with E-state index in [1.165, 1.54) is 43.9 Å². The van der Waals surface area contributed by atoms with Crippen molar-refractivity contribution < 1.29 is 48.3 Å². The van der Waals surface area contributed by atoms with Crippen molar-refractivity contribution in [2.75, 3.05) is 26.4 Å². The third kappa shape index (κ3) is 15.5. The molecule has 1 saturated heterocycles. The molecule has 0 unspecified atom stereocenters. The van der Waals surface area contributed by atoms with E-state index in [9.17, 15) is 29.7 Å². The molecule has 1 amide bonds. The summed E-state index contributed by atoms with van der Waals surface area (Å²) in [7, 11) is -2.29. The molecule has 1 aromatic rings. The van der Waals surface area contributed by atoms with Crippen LogP contribution in [0, 0.1) is 5.92 Å². The van der Waals surface area contributed by atoms with E-state index >= 15 is 0 Å². The second kappa shape index (κ2) is 22.6. The van der Waals surface area contributed by atoms with E-state index in [4.69, 9.17) is 18.6 Å². The number of ether oxygens (including phenoxy) is 3. The van der Waals surface area contributed by atoms with Crippen LogP contribution in [0.5, 0.6) is 5.75 Å². The number of benzene rings is 1. The Kier molecular flexibility index (Phi) is 19.7. The van der Waals surface area contributed by atoms with Crippen molar-refractivity contribution in [1.82, 2.24) is 5.32 Å². The molecule has 1 aromatic carbocycles. The molecule has 0 saturated carbocycles. The largest absolute Gasteiger partial charge is 0.508 e. The molecule has 4 N–H and O–H groups in total. The van der Waals surface area contributed by atoms with Crippen LogP contribution >= 0.6 is 0 Å². The summed E-state index contributed by atoms with van der Waals surface area (Å²) in [6, 6.07) is 5.04. The van der Waals surface area contributed by atoms with Gasteiger partial charge in [0.25, 0.3) is 0 Å². The van der Waals surface area contributed by atoms with E-state index in [2.05, 4.69) is 33.0 Å². The number of aliphatic carboxylic acids is 1. The number of phenolic OH excluding ortho intramolecular Hbond substituents is 1. The lowest BCUT2D eigenvalue weighted by Crippen LogP contribution is -2.55. The molecular weight excluding hydrogens is 695 g/mol. The quantitative estimate of drug-likeness (QED) is 0.0317. The average molecular weight is 764 g/mol. The minimum Gasteiger partial charge on any atom is -0.508 e. The Morgan fingerprint density at radius 2 is 1.53 bits per heavy atom. The van der Waals surface area contributed by atoms with Gasteiger partial charge in [-0.25, -0.2) is 9.59 Å². The molecule has 0 spiro atoms. The van der Waals surface area contributed by atoms with Crippen molar-refractivity contribution in [3.8, 4) is 5.75 Å². The van der Waals surface area contributed by atoms with E-state index < -0.39 is 49.5 Å². The zero-order valence-electron chi connectivity index (χ0n) is 33.5. The van der Waals surface area contributed by atoms with Crippen molar-refractivity contribution >= 4 is 26.2 Å². The van der Waals surface area contributed by atoms with Crippen LogP contribution in [0.15, 0.2) is 36.4 Å². The maximum atomic E-state index is 14.0. The topological polar surface area (TPSA) is 161 Å². The molecule has 53 heavy (non-hydrogen) atoms. The van der Waals surface area contributed by atoms with Crippen LogP contribution in [0.1, 0.15) is 124 Å². The third-order valence-corrected chi connectivity index (χ3v) is 15.2. The molecular formula is C41H69NO10Si. The van der Waals surface area contributed by atoms with Gasteiger partial charge in [0, 0.05) is 32.3 Å². The minimum atomic E-state index is -2.51. The van der Waals surface area contributed by atoms with Crippen LogP contribution in [-0.2, 0) is 39.4 Å². The molecule has 0 radical (unpaired) electrons. The number of carbonyl (C=O) groups is 3. The van der Waals surface area contributed by atoms with Gasteiger partial charge in [-0.1, -0.05) is 90.5 Å². The van der Waals surface area contributed by atoms with Gasteiger partial charge in [-0.3, -0.25) is 4.79 Å². The molecule has 3 atom stereocenters. The van der Waals surface area contributed by atoms with E-state index in [0.717, 1.165) is 44.9 Å². The standard InChI is InChI=1S/C41H69NO10Si/c1-8-10-11-15-18-25-40(50-29-30-51-40)26-19-16-13-12-14-17-20-34(41(48,38(46)47)27-28-52-53(6,7)39(3,4)5)36(44)42-35(37(45)49-9-2)31-32-21-23-33(43)24-22-32/h17,20-24,34-35,43,48H,8-16,18-19,25-31H2,1-7H3,(H,42,44)(H,46,47)/t34-,35+,41+/m1/s1. The number of nitrogens with one attached hydrogen (secondary N) is 1. The number of phenols is 1. The zero-order chi connectivity index (χ0) is 39.5. The first-order valence-electron chi connectivity index (χ1n) is 19.8. The van der Waals surface area contributed by atoms with Crippen molar-refractivity contribution in [2.45, 2.75) is 160 Å². The Balaban J connectivity index is 2.15. The number of carboxylic acid groups (broad SMARTS) is 1. The normalized spacial score (nSPS) is 17.0. The fourth-order valence-corrected chi connectivity index (χ4v) is 7.30. The van der Waals surface area contributed by atoms with E-state index in [0.29, 0.717) is 25.2 Å². The van der Waals surface area contributed by atoms with Crippen LogP contribution in [0.4, 0.5) is 0 Å². The second-order valence-corrected chi connectivity index (χ2v) is 20.7. The van der Waals surface area contributed by atoms with Crippen LogP contribution in [0.25, 0.3) is 0 Å². The number of amides is 1. The Morgan fingerprint density at radius 1 is 0.943 bits per heavy atom. The highest BCUT2D eigenvalue weighted by Gasteiger charge is 2.48. The Labute approximate surface area is 319 Å². The zero-order valence-corrected chi connectivity index (χ0v) is 34.5. The van der Waals surface area contributed by atoms with Crippen molar-refractivity contribution in [3.63, 3.8) is 0 Å². The van der Waals surface area contributed by atoms with Crippen molar-refractivity contribution in [3.05, 3.63) is 42.0 Å². The van der Waals surface area contributed by atoms with Gasteiger partial charge in [0.1, 0.15) is 11.8 Å². The van der Waals surface area contributed by atoms with Gasteiger partial charge in [-0.2, -0.15) is 0 Å². The lowest BCUT2D eigenvalue weighted by atomic mass is 9.83. The molecule has 0 bridgehead atoms. The number of hydrogen-bond acceptors (Lipinski definition) is 9. The summed E-state index contributed by atoms with van der Waals surface area (Å²) in [6.07, 6.45) is 14.9. The molecule has 1 heterocycles. The number of aliphatic hydroxyl groups is 1. The summed E-state index contributed by atoms with van der Waals surface area (Å²) in [6.45, 7) is 15.4. The number of rotatable bonds is 26. The second-order valence-electron chi connectivity index (χ2n) is 15.9. The van der Waals surface area contributed by atoms with Crippen molar-refractivity contribution in [1.29, 1.82) is 0 Å². The molecule has 1 aliphatic heterocycles. The van der Waals surface area contributed by atoms with Gasteiger partial charge in [0.15, 0.2) is 19.7 Å². The molecule has 1 aliphatic rings. The lowest BCUT2D eigenvalue weighted by Gasteiger charge is -2.37. The highest BCUT2D eigenvalue weighted by atomic mass is 28.4. The van der Waals surface area contributed by atoms with Crippen LogP contribution < -0.4 is 5.32 Å². The monoisotopic (exact) mass is 763 g/mol. The number of hydrogen-bond donors (Lipinski definition) is 4. The number of allylic oxidation sites excluding steroid dienone is 1. The first-order valence-corrected chi connectivity index (χ1v) is 22.7. The van der Waals surface area contributed by atoms with Crippen LogP contribution in [0.2, 0.25) is 18.1 Å². The number of carboxylic acids is 1. The molecule has 11 nitrogen and oxygen atoms in total. The predicted molar refractivity (Wildman–Crippen MR) is 209 cm³/mol. The van der Waals surface area contributed by atoms with Gasteiger partial charge in [0.2, 0.25) is 5.91 Å². The SMILES string of the molecule is CCCCCCCC1(CCCCCCC=C[C@H](C(=O)N[C@@H](Cc2ccc(O)cc2)C(=O)OCC)[C@@](O)(CCO[Si](C)(C)C(C)(C)C)C(=O)O)OCCO1. The van der Waals surface area contributed by atoms with E-state index in [1.807, 2.05) is 13.1 Å². The molecule has 12 heteroatoms. The summed E-state index contributed by atoms with van der Waals surface area (Å²) in [4.78, 5) is 39.7. The minimum absolute atomic E-state index is 0.0392. The number of unbranched alkanes of at least 4 members (excludes halogenated alkanes) is 8. The van der Waals surface area contributed by atoms with Gasteiger partial charge in [-0.05, 0) is 68.4 Å². The Morgan fingerprint density at radius 3 is 2.08 bits per heavy atom. The third-order valence-electron chi connectivity index (χ3n) is 10.7. The van der Waals surface area contributed by atoms with Gasteiger partial charge in [0.05, 0.1) is 25.7 Å². The first kappa shape index (κ1) is 46.4. The van der Waals surface area contributed by atoms with Gasteiger partial charge >= 0.3 is 11.9 Å². The average Bonchev–Trinajstić information content (AvgIpc) is 3.56. The highest BCUT2D eigenvalue weighted by Crippen LogP contribution is 2.37. The number of carbonyl (C=O) groups excluding carboxylic acids is 2. The molecule has 2 rings (SSSR count). The summed E-state index contributed by atoms with van der Waals surface area (Å²) in [5.41, 5.74) is -1.86. The van der Waals surface area contributed by atoms with E-state index in [1.54, 1.807) is 25.1 Å². The highest BCUT2D eigenvalue weighted by molar-refractivity contribution is 6.74. The van der Waals surface area contributed by atoms with Gasteiger partial charge in [-0.15, -0.1) is 0 Å². The first-order chi connectivity index (χ1) is 25.0. The van der Waals surface area contributed by atoms with Crippen LogP contribution in [-0.4, -0.2) is 85.3 Å². The fourth-order valence-electron chi connectivity index (χ4n) is 6.25. The van der Waals surface area contributed by atoms with Crippen LogP contribution in [0.3, 0.4) is 0 Å². The molecule has 302 valence electrons. The lowest BCUT2D eigenvalue weighted by molar-refractivity contribution is -0.168. The molecule has 0 aliphatic carbocycles. The number of esters is 1.